The van der Waals surface area contributed by atoms with Crippen molar-refractivity contribution in [2.24, 2.45) is 0 Å². The van der Waals surface area contributed by atoms with E-state index in [2.05, 4.69) is 34.9 Å². The fourth-order valence-corrected chi connectivity index (χ4v) is 5.10. The highest BCUT2D eigenvalue weighted by atomic mass is 28.3. The van der Waals surface area contributed by atoms with Gasteiger partial charge in [-0.3, -0.25) is 9.97 Å². The number of alkyl carbamates (subject to hydrolysis) is 1. The molecule has 0 aliphatic heterocycles. The Labute approximate surface area is 241 Å². The van der Waals surface area contributed by atoms with E-state index >= 15 is 0 Å². The molecule has 0 saturated heterocycles. The summed E-state index contributed by atoms with van der Waals surface area (Å²) >= 11 is 0. The molecule has 1 amide bonds. The molecular weight excluding hydrogens is 539 g/mol. The lowest BCUT2D eigenvalue weighted by Gasteiger charge is -2.20. The van der Waals surface area contributed by atoms with Crippen LogP contribution >= 0.6 is 0 Å². The van der Waals surface area contributed by atoms with Crippen LogP contribution in [0, 0.1) is 5.82 Å². The second-order valence-electron chi connectivity index (χ2n) is 12.0. The van der Waals surface area contributed by atoms with Gasteiger partial charge in [-0.05, 0) is 38.4 Å². The lowest BCUT2D eigenvalue weighted by atomic mass is 10.0. The van der Waals surface area contributed by atoms with E-state index in [9.17, 15) is 9.18 Å². The third kappa shape index (κ3) is 8.14. The quantitative estimate of drug-likeness (QED) is 0.151. The van der Waals surface area contributed by atoms with Crippen molar-refractivity contribution >= 4 is 25.2 Å². The first-order chi connectivity index (χ1) is 19.4. The summed E-state index contributed by atoms with van der Waals surface area (Å²) in [7, 11) is -1.31. The summed E-state index contributed by atoms with van der Waals surface area (Å²) in [5, 5.41) is 2.71. The van der Waals surface area contributed by atoms with Gasteiger partial charge in [-0.1, -0.05) is 50.0 Å². The molecule has 3 heterocycles. The Morgan fingerprint density at radius 3 is 2.54 bits per heavy atom. The number of hydrogen-bond donors (Lipinski definition) is 1. The zero-order valence-electron chi connectivity index (χ0n) is 24.7. The van der Waals surface area contributed by atoms with Gasteiger partial charge in [0.15, 0.2) is 0 Å². The van der Waals surface area contributed by atoms with Gasteiger partial charge < -0.3 is 24.1 Å². The molecule has 0 saturated carbocycles. The van der Waals surface area contributed by atoms with Gasteiger partial charge in [-0.2, -0.15) is 0 Å². The van der Waals surface area contributed by atoms with Crippen molar-refractivity contribution in [2.45, 2.75) is 58.8 Å². The smallest absolute Gasteiger partial charge is 0.407 e. The summed E-state index contributed by atoms with van der Waals surface area (Å²) in [6, 6.07) is 14.3. The SMILES string of the molecule is CC(C)(C)OC(=O)NCCOc1cnccc1-c1c(-c2ccccc2)c2ncc(F)cc2n1COCC[Si](C)(C)C. The van der Waals surface area contributed by atoms with Crippen molar-refractivity contribution in [3.05, 3.63) is 66.9 Å². The number of carbonyl (C=O) groups excluding carboxylic acids is 1. The van der Waals surface area contributed by atoms with E-state index in [-0.39, 0.29) is 19.9 Å². The summed E-state index contributed by atoms with van der Waals surface area (Å²) in [4.78, 5) is 20.9. The highest BCUT2D eigenvalue weighted by Crippen LogP contribution is 2.43. The van der Waals surface area contributed by atoms with Crippen LogP contribution in [0.2, 0.25) is 25.7 Å². The standard InChI is InChI=1S/C31H39FN4O4Si/c1-31(2,3)40-30(37)34-14-15-39-26-20-33-13-12-24(26)29-27(22-10-8-7-9-11-22)28-25(18-23(32)19-35-28)36(29)21-38-16-17-41(4,5)6/h7-13,18-20H,14-17,21H2,1-6H3,(H,34,37). The number of rotatable bonds is 11. The number of amides is 1. The topological polar surface area (TPSA) is 87.5 Å². The summed E-state index contributed by atoms with van der Waals surface area (Å²) in [6.45, 7) is 13.6. The maximum atomic E-state index is 14.6. The molecule has 8 nitrogen and oxygen atoms in total. The molecule has 10 heteroatoms. The Kier molecular flexibility index (Phi) is 9.45. The zero-order chi connectivity index (χ0) is 29.6. The first-order valence-electron chi connectivity index (χ1n) is 13.8. The van der Waals surface area contributed by atoms with Crippen molar-refractivity contribution in [3.8, 4) is 28.1 Å². The van der Waals surface area contributed by atoms with Crippen molar-refractivity contribution in [3.63, 3.8) is 0 Å². The van der Waals surface area contributed by atoms with Crippen LogP contribution in [0.15, 0.2) is 61.1 Å². The lowest BCUT2D eigenvalue weighted by Crippen LogP contribution is -2.34. The van der Waals surface area contributed by atoms with E-state index in [1.54, 1.807) is 12.4 Å². The molecule has 1 N–H and O–H groups in total. The summed E-state index contributed by atoms with van der Waals surface area (Å²) in [5.41, 5.74) is 4.02. The van der Waals surface area contributed by atoms with Gasteiger partial charge in [0.05, 0.1) is 35.7 Å². The minimum Gasteiger partial charge on any atom is -0.489 e. The third-order valence-corrected chi connectivity index (χ3v) is 7.92. The number of fused-ring (bicyclic) bond motifs is 1. The van der Waals surface area contributed by atoms with Gasteiger partial charge >= 0.3 is 6.09 Å². The number of nitrogens with one attached hydrogen (secondary N) is 1. The zero-order valence-corrected chi connectivity index (χ0v) is 25.7. The average Bonchev–Trinajstić information content (AvgIpc) is 3.21. The van der Waals surface area contributed by atoms with Crippen molar-refractivity contribution in [2.75, 3.05) is 19.8 Å². The first-order valence-corrected chi connectivity index (χ1v) is 17.5. The predicted octanol–water partition coefficient (Wildman–Crippen LogP) is 7.12. The van der Waals surface area contributed by atoms with Crippen molar-refractivity contribution < 1.29 is 23.4 Å². The lowest BCUT2D eigenvalue weighted by molar-refractivity contribution is 0.0520. The van der Waals surface area contributed by atoms with E-state index in [1.165, 1.54) is 12.3 Å². The van der Waals surface area contributed by atoms with E-state index in [1.807, 2.05) is 61.7 Å². The van der Waals surface area contributed by atoms with Crippen LogP contribution in [0.25, 0.3) is 33.4 Å². The second-order valence-corrected chi connectivity index (χ2v) is 17.7. The highest BCUT2D eigenvalue weighted by molar-refractivity contribution is 6.76. The third-order valence-electron chi connectivity index (χ3n) is 6.22. The number of halogens is 1. The number of benzene rings is 1. The molecule has 0 spiro atoms. The van der Waals surface area contributed by atoms with Gasteiger partial charge in [-0.25, -0.2) is 9.18 Å². The van der Waals surface area contributed by atoms with E-state index in [0.29, 0.717) is 23.4 Å². The summed E-state index contributed by atoms with van der Waals surface area (Å²) < 4.78 is 34.2. The Balaban J connectivity index is 1.73. The second kappa shape index (κ2) is 12.8. The molecule has 4 aromatic rings. The number of carbonyl (C=O) groups is 1. The number of aromatic nitrogens is 3. The molecule has 41 heavy (non-hydrogen) atoms. The molecule has 3 aromatic heterocycles. The first kappa shape index (κ1) is 30.2. The molecule has 0 fully saturated rings. The van der Waals surface area contributed by atoms with Crippen LogP contribution in [-0.2, 0) is 16.2 Å². The van der Waals surface area contributed by atoms with Gasteiger partial charge in [0, 0.05) is 38.1 Å². The van der Waals surface area contributed by atoms with Crippen LogP contribution in [0.3, 0.4) is 0 Å². The van der Waals surface area contributed by atoms with Crippen LogP contribution in [0.1, 0.15) is 20.8 Å². The van der Waals surface area contributed by atoms with Crippen LogP contribution in [0.5, 0.6) is 5.75 Å². The van der Waals surface area contributed by atoms with Crippen LogP contribution in [-0.4, -0.2) is 54.1 Å². The van der Waals surface area contributed by atoms with Gasteiger partial charge in [0.1, 0.15) is 30.5 Å². The van der Waals surface area contributed by atoms with Gasteiger partial charge in [-0.15, -0.1) is 0 Å². The minimum absolute atomic E-state index is 0.193. The average molecular weight is 579 g/mol. The monoisotopic (exact) mass is 578 g/mol. The van der Waals surface area contributed by atoms with E-state index in [0.717, 1.165) is 28.4 Å². The Hall–Kier alpha value is -3.76. The number of pyridine rings is 2. The molecule has 218 valence electrons. The number of ether oxygens (including phenoxy) is 3. The number of nitrogens with zero attached hydrogens (tertiary/aromatic N) is 3. The van der Waals surface area contributed by atoms with E-state index < -0.39 is 25.6 Å². The predicted molar refractivity (Wildman–Crippen MR) is 162 cm³/mol. The van der Waals surface area contributed by atoms with Gasteiger partial charge in [0.2, 0.25) is 0 Å². The minimum atomic E-state index is -1.31. The largest absolute Gasteiger partial charge is 0.489 e. The maximum absolute atomic E-state index is 14.6. The highest BCUT2D eigenvalue weighted by Gasteiger charge is 2.25. The normalized spacial score (nSPS) is 12.0. The maximum Gasteiger partial charge on any atom is 0.407 e. The molecule has 0 radical (unpaired) electrons. The van der Waals surface area contributed by atoms with Crippen LogP contribution < -0.4 is 10.1 Å². The molecular formula is C31H39FN4O4Si. The Morgan fingerprint density at radius 1 is 1.07 bits per heavy atom. The fourth-order valence-electron chi connectivity index (χ4n) is 4.34. The van der Waals surface area contributed by atoms with E-state index in [4.69, 9.17) is 14.2 Å². The molecule has 1 aromatic carbocycles. The summed E-state index contributed by atoms with van der Waals surface area (Å²) in [6.07, 6.45) is 4.06. The van der Waals surface area contributed by atoms with Crippen molar-refractivity contribution in [1.29, 1.82) is 0 Å². The molecule has 0 aliphatic carbocycles. The van der Waals surface area contributed by atoms with Crippen molar-refractivity contribution in [1.82, 2.24) is 19.9 Å². The molecule has 4 rings (SSSR count). The van der Waals surface area contributed by atoms with Gasteiger partial charge in [0.25, 0.3) is 0 Å². The molecule has 0 aliphatic rings. The number of hydrogen-bond acceptors (Lipinski definition) is 6. The summed E-state index contributed by atoms with van der Waals surface area (Å²) in [5.74, 6) is 0.0891. The Bertz CT molecular complexity index is 1480. The molecule has 0 bridgehead atoms. The molecule has 0 atom stereocenters. The Morgan fingerprint density at radius 2 is 1.83 bits per heavy atom. The fraction of sp³-hybridized carbons (Fsp3) is 0.387. The molecule has 0 unspecified atom stereocenters. The van der Waals surface area contributed by atoms with Crippen LogP contribution in [0.4, 0.5) is 9.18 Å².